The molecule has 2 rings (SSSR count). The Morgan fingerprint density at radius 2 is 2.00 bits per heavy atom. The van der Waals surface area contributed by atoms with Crippen LogP contribution in [0.25, 0.3) is 0 Å². The van der Waals surface area contributed by atoms with Gasteiger partial charge in [0.25, 0.3) is 0 Å². The van der Waals surface area contributed by atoms with Gasteiger partial charge < -0.3 is 9.47 Å². The Morgan fingerprint density at radius 3 is 2.56 bits per heavy atom. The van der Waals surface area contributed by atoms with Crippen LogP contribution in [0.3, 0.4) is 0 Å². The van der Waals surface area contributed by atoms with Crippen molar-refractivity contribution in [1.82, 2.24) is 0 Å². The number of rotatable bonds is 1. The van der Waals surface area contributed by atoms with Crippen molar-refractivity contribution in [1.29, 1.82) is 0 Å². The molecule has 0 fully saturated rings. The first-order chi connectivity index (χ1) is 8.34. The molecule has 0 spiro atoms. The van der Waals surface area contributed by atoms with Gasteiger partial charge in [0.15, 0.2) is 5.78 Å². The highest BCUT2D eigenvalue weighted by atomic mass is 16.5. The molecule has 0 bridgehead atoms. The lowest BCUT2D eigenvalue weighted by Gasteiger charge is -2.29. The third kappa shape index (κ3) is 2.09. The zero-order valence-corrected chi connectivity index (χ0v) is 11.7. The predicted molar refractivity (Wildman–Crippen MR) is 70.7 cm³/mol. The standard InChI is InChI=1S/C15H20O3/c1-9-8-18-14-11(13(9)16)6-10(17-5)7-12(14)15(2,3)4/h6-7,9H,8H2,1-5H3. The van der Waals surface area contributed by atoms with Crippen LogP contribution in [0.15, 0.2) is 12.1 Å². The SMILES string of the molecule is COc1cc2c(c(C(C)(C)C)c1)OCC(C)C2=O. The summed E-state index contributed by atoms with van der Waals surface area (Å²) in [4.78, 5) is 12.2. The lowest BCUT2D eigenvalue weighted by Crippen LogP contribution is -2.28. The first-order valence-corrected chi connectivity index (χ1v) is 6.24. The van der Waals surface area contributed by atoms with Gasteiger partial charge in [-0.3, -0.25) is 4.79 Å². The largest absolute Gasteiger partial charge is 0.497 e. The molecule has 1 unspecified atom stereocenters. The second-order valence-corrected chi connectivity index (χ2v) is 5.88. The summed E-state index contributed by atoms with van der Waals surface area (Å²) < 4.78 is 11.1. The Balaban J connectivity index is 2.66. The average molecular weight is 248 g/mol. The Kier molecular flexibility index (Phi) is 3.09. The second-order valence-electron chi connectivity index (χ2n) is 5.88. The second kappa shape index (κ2) is 4.30. The zero-order valence-electron chi connectivity index (χ0n) is 11.7. The monoisotopic (exact) mass is 248 g/mol. The fourth-order valence-corrected chi connectivity index (χ4v) is 2.17. The summed E-state index contributed by atoms with van der Waals surface area (Å²) in [5.74, 6) is 1.49. The van der Waals surface area contributed by atoms with E-state index in [9.17, 15) is 4.79 Å². The highest BCUT2D eigenvalue weighted by Crippen LogP contribution is 2.40. The predicted octanol–water partition coefficient (Wildman–Crippen LogP) is 3.20. The minimum absolute atomic E-state index is 0.0838. The summed E-state index contributed by atoms with van der Waals surface area (Å²) in [5.41, 5.74) is 1.59. The lowest BCUT2D eigenvalue weighted by molar-refractivity contribution is 0.0845. The summed E-state index contributed by atoms with van der Waals surface area (Å²) >= 11 is 0. The Hall–Kier alpha value is -1.51. The summed E-state index contributed by atoms with van der Waals surface area (Å²) in [7, 11) is 1.62. The van der Waals surface area contributed by atoms with E-state index >= 15 is 0 Å². The molecule has 1 aromatic carbocycles. The van der Waals surface area contributed by atoms with Crippen molar-refractivity contribution in [3.05, 3.63) is 23.3 Å². The van der Waals surface area contributed by atoms with Gasteiger partial charge in [-0.15, -0.1) is 0 Å². The maximum atomic E-state index is 12.2. The first kappa shape index (κ1) is 12.9. The minimum Gasteiger partial charge on any atom is -0.497 e. The van der Waals surface area contributed by atoms with Crippen LogP contribution in [0.5, 0.6) is 11.5 Å². The van der Waals surface area contributed by atoms with Crippen molar-refractivity contribution in [2.45, 2.75) is 33.1 Å². The molecule has 1 atom stereocenters. The van der Waals surface area contributed by atoms with E-state index in [1.165, 1.54) is 0 Å². The van der Waals surface area contributed by atoms with Crippen molar-refractivity contribution in [3.63, 3.8) is 0 Å². The number of Topliss-reactive ketones (excluding diaryl/α,β-unsaturated/α-hetero) is 1. The van der Waals surface area contributed by atoms with E-state index in [-0.39, 0.29) is 17.1 Å². The number of benzene rings is 1. The number of carbonyl (C=O) groups is 1. The number of hydrogen-bond donors (Lipinski definition) is 0. The number of ketones is 1. The quantitative estimate of drug-likeness (QED) is 0.765. The number of methoxy groups -OCH3 is 1. The maximum Gasteiger partial charge on any atom is 0.172 e. The Bertz CT molecular complexity index is 483. The van der Waals surface area contributed by atoms with Crippen molar-refractivity contribution >= 4 is 5.78 Å². The van der Waals surface area contributed by atoms with Gasteiger partial charge in [0.2, 0.25) is 0 Å². The summed E-state index contributed by atoms with van der Waals surface area (Å²) in [6, 6.07) is 3.74. The molecule has 0 aromatic heterocycles. The van der Waals surface area contributed by atoms with E-state index in [1.54, 1.807) is 13.2 Å². The summed E-state index contributed by atoms with van der Waals surface area (Å²) in [5, 5.41) is 0. The van der Waals surface area contributed by atoms with Gasteiger partial charge in [-0.2, -0.15) is 0 Å². The third-order valence-electron chi connectivity index (χ3n) is 3.30. The number of fused-ring (bicyclic) bond motifs is 1. The van der Waals surface area contributed by atoms with Crippen molar-refractivity contribution in [2.24, 2.45) is 5.92 Å². The molecule has 1 aromatic rings. The lowest BCUT2D eigenvalue weighted by atomic mass is 9.82. The molecule has 3 heteroatoms. The smallest absolute Gasteiger partial charge is 0.172 e. The van der Waals surface area contributed by atoms with Crippen LogP contribution in [0.4, 0.5) is 0 Å². The molecule has 1 heterocycles. The van der Waals surface area contributed by atoms with Crippen LogP contribution in [0, 0.1) is 5.92 Å². The summed E-state index contributed by atoms with van der Waals surface area (Å²) in [6.45, 7) is 8.67. The molecule has 1 aliphatic heterocycles. The van der Waals surface area contributed by atoms with E-state index in [4.69, 9.17) is 9.47 Å². The normalized spacial score (nSPS) is 19.2. The van der Waals surface area contributed by atoms with Crippen LogP contribution < -0.4 is 9.47 Å². The average Bonchev–Trinajstić information content (AvgIpc) is 2.31. The van der Waals surface area contributed by atoms with Gasteiger partial charge >= 0.3 is 0 Å². The van der Waals surface area contributed by atoms with Crippen LogP contribution in [0.2, 0.25) is 0 Å². The van der Waals surface area contributed by atoms with Crippen molar-refractivity contribution < 1.29 is 14.3 Å². The van der Waals surface area contributed by atoms with Gasteiger partial charge in [0, 0.05) is 5.56 Å². The zero-order chi connectivity index (χ0) is 13.5. The van der Waals surface area contributed by atoms with Gasteiger partial charge in [-0.05, 0) is 17.5 Å². The van der Waals surface area contributed by atoms with Gasteiger partial charge in [0.05, 0.1) is 25.2 Å². The highest BCUT2D eigenvalue weighted by molar-refractivity contribution is 6.02. The van der Waals surface area contributed by atoms with Crippen molar-refractivity contribution in [3.8, 4) is 11.5 Å². The molecular weight excluding hydrogens is 228 g/mol. The highest BCUT2D eigenvalue weighted by Gasteiger charge is 2.31. The van der Waals surface area contributed by atoms with Crippen molar-refractivity contribution in [2.75, 3.05) is 13.7 Å². The molecule has 18 heavy (non-hydrogen) atoms. The molecule has 0 aliphatic carbocycles. The fraction of sp³-hybridized carbons (Fsp3) is 0.533. The fourth-order valence-electron chi connectivity index (χ4n) is 2.17. The maximum absolute atomic E-state index is 12.2. The van der Waals surface area contributed by atoms with E-state index in [0.717, 1.165) is 11.3 Å². The Morgan fingerprint density at radius 1 is 1.33 bits per heavy atom. The van der Waals surface area contributed by atoms with Gasteiger partial charge in [-0.1, -0.05) is 27.7 Å². The topological polar surface area (TPSA) is 35.5 Å². The first-order valence-electron chi connectivity index (χ1n) is 6.24. The molecule has 0 N–H and O–H groups in total. The molecule has 0 saturated carbocycles. The van der Waals surface area contributed by atoms with Crippen LogP contribution in [-0.2, 0) is 5.41 Å². The Labute approximate surface area is 108 Å². The molecule has 1 aliphatic rings. The molecule has 0 saturated heterocycles. The van der Waals surface area contributed by atoms with E-state index in [2.05, 4.69) is 20.8 Å². The van der Waals surface area contributed by atoms with E-state index in [0.29, 0.717) is 17.9 Å². The van der Waals surface area contributed by atoms with E-state index < -0.39 is 0 Å². The third-order valence-corrected chi connectivity index (χ3v) is 3.30. The number of carbonyl (C=O) groups excluding carboxylic acids is 1. The summed E-state index contributed by atoms with van der Waals surface area (Å²) in [6.07, 6.45) is 0. The van der Waals surface area contributed by atoms with E-state index in [1.807, 2.05) is 13.0 Å². The molecule has 3 nitrogen and oxygen atoms in total. The minimum atomic E-state index is -0.0857. The van der Waals surface area contributed by atoms with Gasteiger partial charge in [-0.25, -0.2) is 0 Å². The van der Waals surface area contributed by atoms with Crippen LogP contribution >= 0.6 is 0 Å². The van der Waals surface area contributed by atoms with Gasteiger partial charge in [0.1, 0.15) is 11.5 Å². The molecule has 0 amide bonds. The molecule has 98 valence electrons. The molecular formula is C15H20O3. The van der Waals surface area contributed by atoms with Crippen LogP contribution in [0.1, 0.15) is 43.6 Å². The molecule has 0 radical (unpaired) electrons. The number of ether oxygens (including phenoxy) is 2. The number of hydrogen-bond acceptors (Lipinski definition) is 3. The van der Waals surface area contributed by atoms with Crippen LogP contribution in [-0.4, -0.2) is 19.5 Å².